The van der Waals surface area contributed by atoms with Crippen LogP contribution >= 0.6 is 11.3 Å². The fraction of sp³-hybridized carbons (Fsp3) is 0.280. The van der Waals surface area contributed by atoms with Gasteiger partial charge in [-0.25, -0.2) is 4.98 Å². The van der Waals surface area contributed by atoms with Crippen LogP contribution in [-0.2, 0) is 17.8 Å². The number of terminal acetylenes is 1. The van der Waals surface area contributed by atoms with Crippen LogP contribution in [-0.4, -0.2) is 22.3 Å². The van der Waals surface area contributed by atoms with Crippen molar-refractivity contribution in [3.63, 3.8) is 0 Å². The molecule has 1 aliphatic rings. The molecule has 0 saturated carbocycles. The smallest absolute Gasteiger partial charge is 0.230 e. The highest BCUT2D eigenvalue weighted by molar-refractivity contribution is 7.14. The van der Waals surface area contributed by atoms with Gasteiger partial charge in [-0.1, -0.05) is 47.9 Å². The maximum absolute atomic E-state index is 12.4. The van der Waals surface area contributed by atoms with Gasteiger partial charge in [0.2, 0.25) is 5.91 Å². The molecule has 4 rings (SSSR count). The second-order valence-corrected chi connectivity index (χ2v) is 8.51. The molecular formula is C25H25N3OS. The zero-order valence-electron chi connectivity index (χ0n) is 17.3. The summed E-state index contributed by atoms with van der Waals surface area (Å²) in [5.41, 5.74) is 5.70. The quantitative estimate of drug-likeness (QED) is 0.515. The molecular weight excluding hydrogens is 390 g/mol. The number of carbonyl (C=O) groups excluding carboxylic acids is 1. The number of hydrogen-bond donors (Lipinski definition) is 0. The van der Waals surface area contributed by atoms with Crippen molar-refractivity contribution in [3.8, 4) is 12.3 Å². The summed E-state index contributed by atoms with van der Waals surface area (Å²) in [5, 5.41) is 2.72. The fourth-order valence-corrected chi connectivity index (χ4v) is 4.99. The average Bonchev–Trinajstić information content (AvgIpc) is 3.36. The van der Waals surface area contributed by atoms with Crippen molar-refractivity contribution in [3.05, 3.63) is 76.3 Å². The molecule has 1 heterocycles. The van der Waals surface area contributed by atoms with Crippen molar-refractivity contribution in [2.75, 3.05) is 11.4 Å². The van der Waals surface area contributed by atoms with Crippen molar-refractivity contribution in [1.82, 2.24) is 9.88 Å². The molecule has 152 valence electrons. The van der Waals surface area contributed by atoms with Crippen LogP contribution in [0.25, 0.3) is 0 Å². The molecule has 2 aromatic carbocycles. The van der Waals surface area contributed by atoms with Gasteiger partial charge in [-0.15, -0.1) is 17.8 Å². The van der Waals surface area contributed by atoms with Gasteiger partial charge in [0.15, 0.2) is 5.13 Å². The van der Waals surface area contributed by atoms with Crippen LogP contribution in [0.15, 0.2) is 53.9 Å². The van der Waals surface area contributed by atoms with E-state index in [9.17, 15) is 4.79 Å². The van der Waals surface area contributed by atoms with Gasteiger partial charge in [0.05, 0.1) is 17.9 Å². The first kappa shape index (κ1) is 20.3. The average molecular weight is 416 g/mol. The van der Waals surface area contributed by atoms with Crippen LogP contribution in [0.5, 0.6) is 0 Å². The van der Waals surface area contributed by atoms with Gasteiger partial charge in [0, 0.05) is 24.9 Å². The summed E-state index contributed by atoms with van der Waals surface area (Å²) in [6.07, 6.45) is 7.84. The monoisotopic (exact) mass is 415 g/mol. The Kier molecular flexibility index (Phi) is 5.98. The summed E-state index contributed by atoms with van der Waals surface area (Å²) in [4.78, 5) is 21.1. The SMILES string of the molecule is C#CCN(Cc1csc(N(C(C)=O)c2ccc(C)cc2)n1)[C@H]1CCc2ccccc21. The maximum atomic E-state index is 12.4. The first-order chi connectivity index (χ1) is 14.6. The van der Waals surface area contributed by atoms with Gasteiger partial charge in [0.25, 0.3) is 0 Å². The molecule has 0 aliphatic heterocycles. The van der Waals surface area contributed by atoms with E-state index in [0.29, 0.717) is 24.3 Å². The normalized spacial score (nSPS) is 15.1. The molecule has 1 amide bonds. The number of benzene rings is 2. The summed E-state index contributed by atoms with van der Waals surface area (Å²) >= 11 is 1.49. The molecule has 0 fully saturated rings. The van der Waals surface area contributed by atoms with Crippen molar-refractivity contribution in [2.45, 2.75) is 39.3 Å². The van der Waals surface area contributed by atoms with Crippen LogP contribution in [0.2, 0.25) is 0 Å². The highest BCUT2D eigenvalue weighted by Crippen LogP contribution is 2.37. The van der Waals surface area contributed by atoms with E-state index < -0.39 is 0 Å². The third-order valence-corrected chi connectivity index (χ3v) is 6.41. The lowest BCUT2D eigenvalue weighted by Crippen LogP contribution is -2.28. The highest BCUT2D eigenvalue weighted by Gasteiger charge is 2.28. The van der Waals surface area contributed by atoms with Crippen LogP contribution in [0.3, 0.4) is 0 Å². The molecule has 0 radical (unpaired) electrons. The first-order valence-electron chi connectivity index (χ1n) is 10.1. The molecule has 1 atom stereocenters. The topological polar surface area (TPSA) is 36.4 Å². The third-order valence-electron chi connectivity index (χ3n) is 5.54. The first-order valence-corrected chi connectivity index (χ1v) is 11.0. The molecule has 0 saturated heterocycles. The van der Waals surface area contributed by atoms with E-state index in [1.165, 1.54) is 22.5 Å². The lowest BCUT2D eigenvalue weighted by atomic mass is 10.1. The Bertz CT molecular complexity index is 1080. The number of nitrogens with zero attached hydrogens (tertiary/aromatic N) is 3. The molecule has 0 unspecified atom stereocenters. The molecule has 5 heteroatoms. The summed E-state index contributed by atoms with van der Waals surface area (Å²) in [6, 6.07) is 16.8. The summed E-state index contributed by atoms with van der Waals surface area (Å²) in [5.74, 6) is 2.76. The molecule has 0 N–H and O–H groups in total. The zero-order chi connectivity index (χ0) is 21.1. The van der Waals surface area contributed by atoms with Crippen molar-refractivity contribution in [1.29, 1.82) is 0 Å². The summed E-state index contributed by atoms with van der Waals surface area (Å²) in [7, 11) is 0. The van der Waals surface area contributed by atoms with Gasteiger partial charge < -0.3 is 0 Å². The number of fused-ring (bicyclic) bond motifs is 1. The lowest BCUT2D eigenvalue weighted by molar-refractivity contribution is -0.115. The van der Waals surface area contributed by atoms with Gasteiger partial charge in [-0.2, -0.15) is 0 Å². The minimum absolute atomic E-state index is 0.0510. The minimum Gasteiger partial charge on any atom is -0.279 e. The number of aromatic nitrogens is 1. The van der Waals surface area contributed by atoms with Crippen molar-refractivity contribution in [2.24, 2.45) is 0 Å². The van der Waals surface area contributed by atoms with Gasteiger partial charge in [-0.05, 0) is 43.0 Å². The molecule has 4 nitrogen and oxygen atoms in total. The van der Waals surface area contributed by atoms with Crippen LogP contribution in [0, 0.1) is 19.3 Å². The zero-order valence-corrected chi connectivity index (χ0v) is 18.2. The molecule has 1 aromatic heterocycles. The number of rotatable bonds is 6. The van der Waals surface area contributed by atoms with Crippen molar-refractivity contribution >= 4 is 28.1 Å². The van der Waals surface area contributed by atoms with Crippen molar-refractivity contribution < 1.29 is 4.79 Å². The Morgan fingerprint density at radius 3 is 2.73 bits per heavy atom. The van der Waals surface area contributed by atoms with E-state index >= 15 is 0 Å². The Morgan fingerprint density at radius 2 is 2.00 bits per heavy atom. The summed E-state index contributed by atoms with van der Waals surface area (Å²) in [6.45, 7) is 4.84. The van der Waals surface area contributed by atoms with Crippen LogP contribution in [0.1, 0.15) is 41.8 Å². The molecule has 0 bridgehead atoms. The molecule has 30 heavy (non-hydrogen) atoms. The fourth-order valence-electron chi connectivity index (χ4n) is 4.11. The highest BCUT2D eigenvalue weighted by atomic mass is 32.1. The van der Waals surface area contributed by atoms with E-state index in [1.54, 1.807) is 11.8 Å². The van der Waals surface area contributed by atoms with Crippen LogP contribution < -0.4 is 4.90 Å². The van der Waals surface area contributed by atoms with Gasteiger partial charge in [-0.3, -0.25) is 14.6 Å². The molecule has 1 aliphatic carbocycles. The second kappa shape index (κ2) is 8.83. The number of carbonyl (C=O) groups is 1. The largest absolute Gasteiger partial charge is 0.279 e. The van der Waals surface area contributed by atoms with Gasteiger partial charge >= 0.3 is 0 Å². The second-order valence-electron chi connectivity index (χ2n) is 7.67. The molecule has 3 aromatic rings. The number of aryl methyl sites for hydroxylation is 2. The van der Waals surface area contributed by atoms with Crippen LogP contribution in [0.4, 0.5) is 10.8 Å². The third kappa shape index (κ3) is 4.16. The standard InChI is InChI=1S/C25H25N3OS/c1-4-15-27(24-14-11-20-7-5-6-8-23(20)24)16-21-17-30-25(26-21)28(19(3)29)22-12-9-18(2)10-13-22/h1,5-10,12-13,17,24H,11,14-16H2,2-3H3/t24-/m0/s1. The minimum atomic E-state index is -0.0510. The summed E-state index contributed by atoms with van der Waals surface area (Å²) < 4.78 is 0. The molecule has 0 spiro atoms. The lowest BCUT2D eigenvalue weighted by Gasteiger charge is -2.27. The predicted octanol–water partition coefficient (Wildman–Crippen LogP) is 5.26. The Morgan fingerprint density at radius 1 is 1.23 bits per heavy atom. The van der Waals surface area contributed by atoms with E-state index in [0.717, 1.165) is 29.8 Å². The van der Waals surface area contributed by atoms with E-state index in [4.69, 9.17) is 11.4 Å². The number of anilines is 2. The van der Waals surface area contributed by atoms with E-state index in [2.05, 4.69) is 35.1 Å². The van der Waals surface area contributed by atoms with E-state index in [1.807, 2.05) is 36.6 Å². The Balaban J connectivity index is 1.57. The Labute approximate surface area is 182 Å². The maximum Gasteiger partial charge on any atom is 0.230 e. The Hall–Kier alpha value is -2.94. The number of amides is 1. The van der Waals surface area contributed by atoms with E-state index in [-0.39, 0.29) is 5.91 Å². The van der Waals surface area contributed by atoms with Gasteiger partial charge in [0.1, 0.15) is 0 Å². The number of thiazole rings is 1. The predicted molar refractivity (Wildman–Crippen MR) is 123 cm³/mol. The number of hydrogen-bond acceptors (Lipinski definition) is 4.